The normalized spacial score (nSPS) is 22.9. The van der Waals surface area contributed by atoms with Gasteiger partial charge in [0.15, 0.2) is 0 Å². The van der Waals surface area contributed by atoms with Crippen LogP contribution in [0.5, 0.6) is 0 Å². The fourth-order valence-electron chi connectivity index (χ4n) is 4.48. The maximum atomic E-state index is 13.0. The van der Waals surface area contributed by atoms with Crippen molar-refractivity contribution in [3.63, 3.8) is 0 Å². The zero-order valence-electron chi connectivity index (χ0n) is 15.9. The number of nitrogens with zero attached hydrogens (tertiary/aromatic N) is 4. The van der Waals surface area contributed by atoms with E-state index in [1.807, 2.05) is 24.9 Å². The van der Waals surface area contributed by atoms with Crippen LogP contribution >= 0.6 is 0 Å². The zero-order valence-corrected chi connectivity index (χ0v) is 15.9. The number of hydrogen-bond donors (Lipinski definition) is 0. The molecule has 150 valence electrons. The predicted molar refractivity (Wildman–Crippen MR) is 97.2 cm³/mol. The molecule has 1 amide bonds. The van der Waals surface area contributed by atoms with Gasteiger partial charge in [0, 0.05) is 38.6 Å². The molecule has 0 unspecified atom stereocenters. The maximum Gasteiger partial charge on any atom is 0.416 e. The Morgan fingerprint density at radius 1 is 1.18 bits per heavy atom. The summed E-state index contributed by atoms with van der Waals surface area (Å²) >= 11 is 0. The Morgan fingerprint density at radius 2 is 1.96 bits per heavy atom. The number of aryl methyl sites for hydroxylation is 2. The number of carbonyl (C=O) groups is 1. The molecule has 0 spiro atoms. The van der Waals surface area contributed by atoms with Crippen molar-refractivity contribution in [1.82, 2.24) is 19.6 Å². The van der Waals surface area contributed by atoms with Crippen LogP contribution < -0.4 is 0 Å². The third-order valence-electron chi connectivity index (χ3n) is 5.80. The number of rotatable bonds is 4. The molecule has 2 atom stereocenters. The summed E-state index contributed by atoms with van der Waals surface area (Å²) in [5.41, 5.74) is 1.90. The van der Waals surface area contributed by atoms with Crippen LogP contribution in [0.3, 0.4) is 0 Å². The molecule has 0 aliphatic carbocycles. The van der Waals surface area contributed by atoms with E-state index in [1.165, 1.54) is 12.1 Å². The number of carbonyl (C=O) groups excluding carboxylic acids is 1. The van der Waals surface area contributed by atoms with E-state index in [2.05, 4.69) is 10.00 Å². The van der Waals surface area contributed by atoms with E-state index in [0.717, 1.165) is 30.4 Å². The van der Waals surface area contributed by atoms with Gasteiger partial charge in [0.1, 0.15) is 0 Å². The third-order valence-corrected chi connectivity index (χ3v) is 5.80. The van der Waals surface area contributed by atoms with Gasteiger partial charge in [0.2, 0.25) is 5.91 Å². The Bertz CT molecular complexity index is 892. The summed E-state index contributed by atoms with van der Waals surface area (Å²) in [7, 11) is 1.87. The zero-order chi connectivity index (χ0) is 20.1. The minimum absolute atomic E-state index is 0.0522. The van der Waals surface area contributed by atoms with Crippen molar-refractivity contribution in [2.24, 2.45) is 7.05 Å². The van der Waals surface area contributed by atoms with Gasteiger partial charge in [-0.05, 0) is 31.0 Å². The summed E-state index contributed by atoms with van der Waals surface area (Å²) in [6, 6.07) is 7.60. The molecule has 1 aromatic carbocycles. The molecule has 8 heteroatoms. The third kappa shape index (κ3) is 3.53. The average Bonchev–Trinajstić information content (AvgIpc) is 3.24. The second-order valence-electron chi connectivity index (χ2n) is 7.72. The SMILES string of the molecule is Cc1cc(CN2C(=O)C[C@H]3[C@@H]2CCN3Cc2cccc(C(F)(F)F)c2)n(C)n1. The summed E-state index contributed by atoms with van der Waals surface area (Å²) < 4.78 is 40.7. The summed E-state index contributed by atoms with van der Waals surface area (Å²) in [6.45, 7) is 3.65. The minimum Gasteiger partial charge on any atom is -0.332 e. The second kappa shape index (κ2) is 6.92. The molecule has 2 aromatic rings. The van der Waals surface area contributed by atoms with E-state index in [4.69, 9.17) is 0 Å². The number of amides is 1. The molecule has 0 radical (unpaired) electrons. The number of benzene rings is 1. The van der Waals surface area contributed by atoms with Crippen molar-refractivity contribution in [2.45, 2.75) is 51.1 Å². The average molecular weight is 392 g/mol. The van der Waals surface area contributed by atoms with Crippen LogP contribution in [0.2, 0.25) is 0 Å². The van der Waals surface area contributed by atoms with E-state index < -0.39 is 11.7 Å². The first-order chi connectivity index (χ1) is 13.2. The van der Waals surface area contributed by atoms with Crippen LogP contribution in [-0.4, -0.2) is 44.1 Å². The molecule has 3 heterocycles. The summed E-state index contributed by atoms with van der Waals surface area (Å²) in [6.07, 6.45) is -3.09. The largest absolute Gasteiger partial charge is 0.416 e. The lowest BCUT2D eigenvalue weighted by Crippen LogP contribution is -2.37. The fraction of sp³-hybridized carbons (Fsp3) is 0.500. The van der Waals surface area contributed by atoms with E-state index >= 15 is 0 Å². The first-order valence-electron chi connectivity index (χ1n) is 9.41. The van der Waals surface area contributed by atoms with Crippen LogP contribution in [0.25, 0.3) is 0 Å². The summed E-state index contributed by atoms with van der Waals surface area (Å²) in [5, 5.41) is 4.34. The molecule has 2 saturated heterocycles. The van der Waals surface area contributed by atoms with E-state index in [-0.39, 0.29) is 18.0 Å². The van der Waals surface area contributed by atoms with E-state index in [1.54, 1.807) is 10.7 Å². The minimum atomic E-state index is -4.34. The topological polar surface area (TPSA) is 41.4 Å². The Balaban J connectivity index is 1.47. The van der Waals surface area contributed by atoms with Crippen LogP contribution in [0.15, 0.2) is 30.3 Å². The van der Waals surface area contributed by atoms with Gasteiger partial charge in [0.05, 0.1) is 23.5 Å². The number of alkyl halides is 3. The van der Waals surface area contributed by atoms with Crippen LogP contribution in [0.1, 0.15) is 35.4 Å². The highest BCUT2D eigenvalue weighted by atomic mass is 19.4. The Kier molecular flexibility index (Phi) is 4.69. The molecule has 0 bridgehead atoms. The molecule has 2 aliphatic heterocycles. The second-order valence-corrected chi connectivity index (χ2v) is 7.72. The van der Waals surface area contributed by atoms with Crippen molar-refractivity contribution < 1.29 is 18.0 Å². The van der Waals surface area contributed by atoms with Gasteiger partial charge in [-0.1, -0.05) is 18.2 Å². The number of aromatic nitrogens is 2. The molecule has 5 nitrogen and oxygen atoms in total. The van der Waals surface area contributed by atoms with Crippen molar-refractivity contribution in [1.29, 1.82) is 0 Å². The molecular formula is C20H23F3N4O. The van der Waals surface area contributed by atoms with Gasteiger partial charge in [-0.3, -0.25) is 14.4 Å². The van der Waals surface area contributed by atoms with Gasteiger partial charge in [-0.15, -0.1) is 0 Å². The van der Waals surface area contributed by atoms with E-state index in [0.29, 0.717) is 25.1 Å². The molecule has 28 heavy (non-hydrogen) atoms. The maximum absolute atomic E-state index is 13.0. The van der Waals surface area contributed by atoms with Crippen molar-refractivity contribution >= 4 is 5.91 Å². The number of hydrogen-bond acceptors (Lipinski definition) is 3. The first-order valence-corrected chi connectivity index (χ1v) is 9.41. The number of likely N-dealkylation sites (tertiary alicyclic amines) is 2. The van der Waals surface area contributed by atoms with Gasteiger partial charge < -0.3 is 4.90 Å². The highest BCUT2D eigenvalue weighted by Crippen LogP contribution is 2.35. The van der Waals surface area contributed by atoms with Gasteiger partial charge >= 0.3 is 6.18 Å². The lowest BCUT2D eigenvalue weighted by Gasteiger charge is -2.25. The monoisotopic (exact) mass is 392 g/mol. The molecule has 0 N–H and O–H groups in total. The Hall–Kier alpha value is -2.35. The van der Waals surface area contributed by atoms with Crippen LogP contribution in [0.4, 0.5) is 13.2 Å². The highest BCUT2D eigenvalue weighted by molar-refractivity contribution is 5.80. The molecule has 2 aliphatic rings. The highest BCUT2D eigenvalue weighted by Gasteiger charge is 2.46. The Morgan fingerprint density at radius 3 is 2.64 bits per heavy atom. The van der Waals surface area contributed by atoms with Crippen molar-refractivity contribution in [3.05, 3.63) is 52.8 Å². The summed E-state index contributed by atoms with van der Waals surface area (Å²) in [4.78, 5) is 16.7. The molecule has 1 aromatic heterocycles. The number of halogens is 3. The molecule has 0 saturated carbocycles. The first kappa shape index (κ1) is 19.0. The molecule has 4 rings (SSSR count). The van der Waals surface area contributed by atoms with Crippen LogP contribution in [0, 0.1) is 6.92 Å². The Labute approximate surface area is 161 Å². The van der Waals surface area contributed by atoms with Gasteiger partial charge in [0.25, 0.3) is 0 Å². The van der Waals surface area contributed by atoms with Crippen molar-refractivity contribution in [3.8, 4) is 0 Å². The smallest absolute Gasteiger partial charge is 0.332 e. The lowest BCUT2D eigenvalue weighted by molar-refractivity contribution is -0.137. The number of fused-ring (bicyclic) bond motifs is 1. The predicted octanol–water partition coefficient (Wildman–Crippen LogP) is 3.12. The summed E-state index contributed by atoms with van der Waals surface area (Å²) in [5.74, 6) is 0.0996. The lowest BCUT2D eigenvalue weighted by atomic mass is 10.1. The van der Waals surface area contributed by atoms with Crippen LogP contribution in [-0.2, 0) is 31.1 Å². The fourth-order valence-corrected chi connectivity index (χ4v) is 4.48. The standard InChI is InChI=1S/C20H23F3N4O/c1-13-8-16(25(2)24-13)12-27-17-6-7-26(18(17)10-19(27)28)11-14-4-3-5-15(9-14)20(21,22)23/h3-5,8-9,17-18H,6-7,10-12H2,1-2H3/t17-,18-/m0/s1. The van der Waals surface area contributed by atoms with Gasteiger partial charge in [-0.2, -0.15) is 18.3 Å². The van der Waals surface area contributed by atoms with Crippen molar-refractivity contribution in [2.75, 3.05) is 6.54 Å². The van der Waals surface area contributed by atoms with Gasteiger partial charge in [-0.25, -0.2) is 0 Å². The molecular weight excluding hydrogens is 369 g/mol. The van der Waals surface area contributed by atoms with E-state index in [9.17, 15) is 18.0 Å². The quantitative estimate of drug-likeness (QED) is 0.803. The molecule has 2 fully saturated rings.